The minimum absolute atomic E-state index is 0.241. The zero-order chi connectivity index (χ0) is 10.1. The van der Waals surface area contributed by atoms with Crippen molar-refractivity contribution in [1.29, 1.82) is 0 Å². The summed E-state index contributed by atoms with van der Waals surface area (Å²) in [5.41, 5.74) is 1.63. The van der Waals surface area contributed by atoms with Crippen molar-refractivity contribution in [3.8, 4) is 0 Å². The van der Waals surface area contributed by atoms with E-state index in [9.17, 15) is 0 Å². The number of halogens is 3. The fraction of sp³-hybridized carbons (Fsp3) is 0.556. The van der Waals surface area contributed by atoms with Gasteiger partial charge >= 0.3 is 0 Å². The molecule has 0 fully saturated rings. The van der Waals surface area contributed by atoms with Crippen molar-refractivity contribution in [2.75, 3.05) is 5.33 Å². The first kappa shape index (κ1) is 12.2. The predicted molar refractivity (Wildman–Crippen MR) is 71.2 cm³/mol. The van der Waals surface area contributed by atoms with Gasteiger partial charge in [-0.3, -0.25) is 0 Å². The van der Waals surface area contributed by atoms with Gasteiger partial charge in [0, 0.05) is 5.33 Å². The van der Waals surface area contributed by atoms with Gasteiger partial charge < -0.3 is 0 Å². The van der Waals surface area contributed by atoms with E-state index >= 15 is 0 Å². The minimum atomic E-state index is 0.241. The lowest BCUT2D eigenvalue weighted by Gasteiger charge is -2.23. The maximum atomic E-state index is 3.60. The van der Waals surface area contributed by atoms with Crippen molar-refractivity contribution in [1.82, 2.24) is 0 Å². The van der Waals surface area contributed by atoms with Gasteiger partial charge in [-0.25, -0.2) is 0 Å². The molecular weight excluding hydrogens is 380 g/mol. The summed E-state index contributed by atoms with van der Waals surface area (Å²) in [5.74, 6) is 0. The molecule has 0 amide bonds. The van der Waals surface area contributed by atoms with E-state index in [-0.39, 0.29) is 5.41 Å². The summed E-state index contributed by atoms with van der Waals surface area (Å²) in [6, 6.07) is 2.21. The van der Waals surface area contributed by atoms with Gasteiger partial charge in [0.05, 0.1) is 7.57 Å². The van der Waals surface area contributed by atoms with Crippen LogP contribution in [-0.2, 0) is 5.41 Å². The monoisotopic (exact) mass is 388 g/mol. The summed E-state index contributed by atoms with van der Waals surface area (Å²) in [7, 11) is 0. The molecule has 1 aromatic rings. The topological polar surface area (TPSA) is 0 Å². The fourth-order valence-electron chi connectivity index (χ4n) is 1.17. The zero-order valence-corrected chi connectivity index (χ0v) is 13.1. The SMILES string of the molecule is CC(C)(CCBr)c1cc(Br)sc1Br. The molecule has 0 saturated heterocycles. The third-order valence-corrected chi connectivity index (χ3v) is 4.84. The highest BCUT2D eigenvalue weighted by Crippen LogP contribution is 2.40. The summed E-state index contributed by atoms with van der Waals surface area (Å²) in [6.45, 7) is 4.54. The number of thiophene rings is 1. The molecule has 0 nitrogen and oxygen atoms in total. The average molecular weight is 391 g/mol. The Kier molecular flexibility index (Phi) is 4.48. The summed E-state index contributed by atoms with van der Waals surface area (Å²) in [6.07, 6.45) is 1.15. The van der Waals surface area contributed by atoms with Crippen LogP contribution in [0.4, 0.5) is 0 Å². The Morgan fingerprint density at radius 2 is 2.00 bits per heavy atom. The lowest BCUT2D eigenvalue weighted by Crippen LogP contribution is -2.17. The second-order valence-corrected chi connectivity index (χ2v) is 8.10. The van der Waals surface area contributed by atoms with Gasteiger partial charge in [-0.05, 0) is 55.3 Å². The molecule has 1 rings (SSSR count). The van der Waals surface area contributed by atoms with Gasteiger partial charge in [-0.1, -0.05) is 29.8 Å². The Morgan fingerprint density at radius 1 is 1.38 bits per heavy atom. The highest BCUT2D eigenvalue weighted by atomic mass is 79.9. The van der Waals surface area contributed by atoms with Crippen molar-refractivity contribution in [2.45, 2.75) is 25.7 Å². The highest BCUT2D eigenvalue weighted by Gasteiger charge is 2.24. The second kappa shape index (κ2) is 4.77. The highest BCUT2D eigenvalue weighted by molar-refractivity contribution is 9.12. The number of hydrogen-bond donors (Lipinski definition) is 0. The van der Waals surface area contributed by atoms with Crippen LogP contribution < -0.4 is 0 Å². The molecule has 0 radical (unpaired) electrons. The molecule has 0 aromatic carbocycles. The normalized spacial score (nSPS) is 12.1. The van der Waals surface area contributed by atoms with Crippen LogP contribution in [0.3, 0.4) is 0 Å². The first-order chi connectivity index (χ1) is 5.97. The third-order valence-electron chi connectivity index (χ3n) is 2.11. The molecule has 0 bridgehead atoms. The lowest BCUT2D eigenvalue weighted by atomic mass is 9.84. The third kappa shape index (κ3) is 3.05. The Hall–Kier alpha value is 1.14. The van der Waals surface area contributed by atoms with Crippen molar-refractivity contribution >= 4 is 59.1 Å². The summed E-state index contributed by atoms with van der Waals surface area (Å²) >= 11 is 12.3. The van der Waals surface area contributed by atoms with Crippen LogP contribution in [-0.4, -0.2) is 5.33 Å². The van der Waals surface area contributed by atoms with Crippen LogP contribution in [0.2, 0.25) is 0 Å². The van der Waals surface area contributed by atoms with E-state index in [0.29, 0.717) is 0 Å². The molecule has 4 heteroatoms. The molecule has 74 valence electrons. The van der Waals surface area contributed by atoms with Crippen molar-refractivity contribution in [2.24, 2.45) is 0 Å². The standard InChI is InChI=1S/C9H11Br3S/c1-9(2,3-4-10)6-5-7(11)13-8(6)12/h5H,3-4H2,1-2H3. The average Bonchev–Trinajstić information content (AvgIpc) is 2.30. The van der Waals surface area contributed by atoms with Crippen molar-refractivity contribution in [3.05, 3.63) is 19.2 Å². The molecule has 0 aliphatic carbocycles. The van der Waals surface area contributed by atoms with Gasteiger partial charge in [0.15, 0.2) is 0 Å². The molecule has 1 heterocycles. The molecule has 0 saturated carbocycles. The largest absolute Gasteiger partial charge is 0.121 e. The number of alkyl halides is 1. The van der Waals surface area contributed by atoms with Crippen LogP contribution in [0.5, 0.6) is 0 Å². The quantitative estimate of drug-likeness (QED) is 0.611. The Labute approximate surface area is 108 Å². The molecule has 0 aliphatic heterocycles. The zero-order valence-electron chi connectivity index (χ0n) is 7.53. The maximum absolute atomic E-state index is 3.60. The molecule has 0 atom stereocenters. The Morgan fingerprint density at radius 3 is 2.38 bits per heavy atom. The Balaban J connectivity index is 2.98. The second-order valence-electron chi connectivity index (χ2n) is 3.56. The minimum Gasteiger partial charge on any atom is -0.121 e. The predicted octanol–water partition coefficient (Wildman–Crippen LogP) is 5.34. The van der Waals surface area contributed by atoms with E-state index in [4.69, 9.17) is 0 Å². The fourth-order valence-corrected chi connectivity index (χ4v) is 5.50. The van der Waals surface area contributed by atoms with Gasteiger partial charge in [0.25, 0.3) is 0 Å². The van der Waals surface area contributed by atoms with Crippen LogP contribution in [0, 0.1) is 0 Å². The molecule has 0 unspecified atom stereocenters. The molecule has 1 aromatic heterocycles. The van der Waals surface area contributed by atoms with Crippen LogP contribution in [0.25, 0.3) is 0 Å². The van der Waals surface area contributed by atoms with Gasteiger partial charge in [0.2, 0.25) is 0 Å². The summed E-state index contributed by atoms with van der Waals surface area (Å²) in [4.78, 5) is 0. The summed E-state index contributed by atoms with van der Waals surface area (Å²) in [5, 5.41) is 1.04. The number of hydrogen-bond acceptors (Lipinski definition) is 1. The Bertz CT molecular complexity index is 291. The maximum Gasteiger partial charge on any atom is 0.0747 e. The van der Waals surface area contributed by atoms with E-state index in [0.717, 1.165) is 11.8 Å². The van der Waals surface area contributed by atoms with Gasteiger partial charge in [-0.2, -0.15) is 0 Å². The van der Waals surface area contributed by atoms with Crippen molar-refractivity contribution < 1.29 is 0 Å². The first-order valence-electron chi connectivity index (χ1n) is 3.98. The number of rotatable bonds is 3. The van der Waals surface area contributed by atoms with E-state index in [2.05, 4.69) is 67.7 Å². The van der Waals surface area contributed by atoms with Crippen molar-refractivity contribution in [3.63, 3.8) is 0 Å². The molecule has 0 aliphatic rings. The molecule has 0 N–H and O–H groups in total. The molecule has 0 spiro atoms. The van der Waals surface area contributed by atoms with Crippen LogP contribution in [0.15, 0.2) is 13.6 Å². The van der Waals surface area contributed by atoms with E-state index in [1.807, 2.05) is 0 Å². The van der Waals surface area contributed by atoms with Crippen LogP contribution in [0.1, 0.15) is 25.8 Å². The first-order valence-corrected chi connectivity index (χ1v) is 7.51. The smallest absolute Gasteiger partial charge is 0.0747 e. The lowest BCUT2D eigenvalue weighted by molar-refractivity contribution is 0.512. The van der Waals surface area contributed by atoms with E-state index < -0.39 is 0 Å². The summed E-state index contributed by atoms with van der Waals surface area (Å²) < 4.78 is 2.43. The van der Waals surface area contributed by atoms with Gasteiger partial charge in [0.1, 0.15) is 0 Å². The van der Waals surface area contributed by atoms with E-state index in [1.165, 1.54) is 13.1 Å². The van der Waals surface area contributed by atoms with E-state index in [1.54, 1.807) is 11.3 Å². The molecule has 13 heavy (non-hydrogen) atoms. The molecular formula is C9H11Br3S. The van der Waals surface area contributed by atoms with Crippen LogP contribution >= 0.6 is 59.1 Å². The van der Waals surface area contributed by atoms with Gasteiger partial charge in [-0.15, -0.1) is 11.3 Å².